The summed E-state index contributed by atoms with van der Waals surface area (Å²) in [5, 5.41) is 14.2. The molecule has 1 aromatic rings. The van der Waals surface area contributed by atoms with Crippen molar-refractivity contribution in [2.45, 2.75) is 53.5 Å². The Morgan fingerprint density at radius 3 is 2.29 bits per heavy atom. The molecule has 0 fully saturated rings. The van der Waals surface area contributed by atoms with E-state index in [9.17, 15) is 5.11 Å². The van der Waals surface area contributed by atoms with Gasteiger partial charge in [-0.1, -0.05) is 13.8 Å². The van der Waals surface area contributed by atoms with Crippen LogP contribution in [0.5, 0.6) is 0 Å². The molecule has 1 heterocycles. The summed E-state index contributed by atoms with van der Waals surface area (Å²) >= 11 is 3.62. The molecule has 0 radical (unpaired) electrons. The first-order valence-corrected chi connectivity index (χ1v) is 7.15. The summed E-state index contributed by atoms with van der Waals surface area (Å²) in [5.74, 6) is 0. The maximum absolute atomic E-state index is 9.65. The van der Waals surface area contributed by atoms with Crippen molar-refractivity contribution < 1.29 is 5.11 Å². The van der Waals surface area contributed by atoms with E-state index >= 15 is 0 Å². The molecule has 3 nitrogen and oxygen atoms in total. The molecular weight excluding hydrogens is 280 g/mol. The summed E-state index contributed by atoms with van der Waals surface area (Å²) in [7, 11) is 0. The average Bonchev–Trinajstić information content (AvgIpc) is 2.63. The first-order chi connectivity index (χ1) is 8.03. The molecule has 98 valence electrons. The van der Waals surface area contributed by atoms with Crippen LogP contribution in [-0.2, 0) is 13.0 Å². The maximum Gasteiger partial charge on any atom is 0.0738 e. The lowest BCUT2D eigenvalue weighted by Crippen LogP contribution is -2.28. The molecule has 1 aromatic heterocycles. The van der Waals surface area contributed by atoms with Crippen LogP contribution in [0.4, 0.5) is 0 Å². The molecule has 0 aromatic carbocycles. The van der Waals surface area contributed by atoms with Gasteiger partial charge in [0.05, 0.1) is 15.9 Å². The van der Waals surface area contributed by atoms with Gasteiger partial charge in [-0.2, -0.15) is 5.10 Å². The van der Waals surface area contributed by atoms with Crippen LogP contribution in [0.2, 0.25) is 0 Å². The third-order valence-electron chi connectivity index (χ3n) is 3.83. The lowest BCUT2D eigenvalue weighted by molar-refractivity contribution is 0.112. The number of aliphatic hydroxyl groups excluding tert-OH is 1. The van der Waals surface area contributed by atoms with E-state index in [-0.39, 0.29) is 12.0 Å². The maximum atomic E-state index is 9.65. The molecule has 0 aliphatic heterocycles. The van der Waals surface area contributed by atoms with Gasteiger partial charge in [0.2, 0.25) is 0 Å². The van der Waals surface area contributed by atoms with Crippen molar-refractivity contribution in [2.75, 3.05) is 6.61 Å². The summed E-state index contributed by atoms with van der Waals surface area (Å²) in [5.41, 5.74) is 2.23. The Morgan fingerprint density at radius 1 is 1.29 bits per heavy atom. The summed E-state index contributed by atoms with van der Waals surface area (Å²) < 4.78 is 3.13. The van der Waals surface area contributed by atoms with Crippen LogP contribution in [0, 0.1) is 12.3 Å². The van der Waals surface area contributed by atoms with E-state index in [0.717, 1.165) is 36.0 Å². The zero-order valence-corrected chi connectivity index (χ0v) is 12.8. The van der Waals surface area contributed by atoms with Crippen LogP contribution in [0.1, 0.15) is 45.0 Å². The molecule has 0 bridgehead atoms. The van der Waals surface area contributed by atoms with Crippen molar-refractivity contribution in [3.8, 4) is 0 Å². The zero-order chi connectivity index (χ0) is 13.1. The number of nitrogens with zero attached hydrogens (tertiary/aromatic N) is 2. The number of halogens is 1. The fraction of sp³-hybridized carbons (Fsp3) is 0.769. The van der Waals surface area contributed by atoms with Gasteiger partial charge in [-0.25, -0.2) is 0 Å². The Hall–Kier alpha value is -0.350. The Bertz CT molecular complexity index is 361. The number of hydrogen-bond donors (Lipinski definition) is 1. The van der Waals surface area contributed by atoms with Crippen molar-refractivity contribution in [3.05, 3.63) is 15.9 Å². The number of aromatic nitrogens is 2. The fourth-order valence-electron chi connectivity index (χ4n) is 2.17. The first-order valence-electron chi connectivity index (χ1n) is 6.36. The lowest BCUT2D eigenvalue weighted by Gasteiger charge is -2.29. The number of hydrogen-bond acceptors (Lipinski definition) is 2. The summed E-state index contributed by atoms with van der Waals surface area (Å²) in [6.07, 6.45) is 2.85. The van der Waals surface area contributed by atoms with Gasteiger partial charge in [-0.15, -0.1) is 0 Å². The summed E-state index contributed by atoms with van der Waals surface area (Å²) in [6, 6.07) is 0. The van der Waals surface area contributed by atoms with Crippen molar-refractivity contribution in [1.82, 2.24) is 9.78 Å². The van der Waals surface area contributed by atoms with Crippen LogP contribution in [0.15, 0.2) is 4.47 Å². The van der Waals surface area contributed by atoms with Crippen molar-refractivity contribution in [3.63, 3.8) is 0 Å². The highest BCUT2D eigenvalue weighted by Crippen LogP contribution is 2.34. The van der Waals surface area contributed by atoms with Gasteiger partial charge in [-0.3, -0.25) is 4.68 Å². The molecule has 0 aliphatic carbocycles. The first kappa shape index (κ1) is 14.7. The van der Waals surface area contributed by atoms with E-state index in [1.54, 1.807) is 0 Å². The molecular formula is C13H23BrN2O. The standard InChI is InChI=1S/C13H23BrN2O/c1-5-13(6-2,9-17)8-11-12(14)10(4)15-16(11)7-3/h17H,5-9H2,1-4H3. The van der Waals surface area contributed by atoms with Crippen LogP contribution in [-0.4, -0.2) is 21.5 Å². The lowest BCUT2D eigenvalue weighted by atomic mass is 9.79. The second-order valence-electron chi connectivity index (χ2n) is 4.70. The van der Waals surface area contributed by atoms with Gasteiger partial charge in [0.15, 0.2) is 0 Å². The van der Waals surface area contributed by atoms with E-state index in [1.165, 1.54) is 5.69 Å². The molecule has 1 N–H and O–H groups in total. The highest BCUT2D eigenvalue weighted by atomic mass is 79.9. The average molecular weight is 303 g/mol. The molecule has 1 rings (SSSR count). The Balaban J connectivity index is 3.08. The largest absolute Gasteiger partial charge is 0.396 e. The Kier molecular flexibility index (Phi) is 5.20. The van der Waals surface area contributed by atoms with E-state index in [2.05, 4.69) is 41.8 Å². The minimum Gasteiger partial charge on any atom is -0.396 e. The van der Waals surface area contributed by atoms with Gasteiger partial charge in [-0.05, 0) is 54.5 Å². The smallest absolute Gasteiger partial charge is 0.0738 e. The summed E-state index contributed by atoms with van der Waals surface area (Å²) in [6.45, 7) is 9.51. The van der Waals surface area contributed by atoms with Gasteiger partial charge in [0.1, 0.15) is 0 Å². The predicted molar refractivity (Wildman–Crippen MR) is 74.1 cm³/mol. The highest BCUT2D eigenvalue weighted by Gasteiger charge is 2.28. The minimum atomic E-state index is -0.0120. The van der Waals surface area contributed by atoms with E-state index in [0.29, 0.717) is 0 Å². The van der Waals surface area contributed by atoms with Gasteiger partial charge in [0, 0.05) is 13.2 Å². The highest BCUT2D eigenvalue weighted by molar-refractivity contribution is 9.10. The van der Waals surface area contributed by atoms with Crippen LogP contribution in [0.3, 0.4) is 0 Å². The normalized spacial score (nSPS) is 12.1. The van der Waals surface area contributed by atoms with Crippen LogP contribution >= 0.6 is 15.9 Å². The predicted octanol–water partition coefficient (Wildman–Crippen LogP) is 3.32. The van der Waals surface area contributed by atoms with Crippen molar-refractivity contribution >= 4 is 15.9 Å². The molecule has 0 unspecified atom stereocenters. The SMILES string of the molecule is CCn1nc(C)c(Br)c1CC(CC)(CC)CO. The summed E-state index contributed by atoms with van der Waals surface area (Å²) in [4.78, 5) is 0. The molecule has 0 spiro atoms. The number of aryl methyl sites for hydroxylation is 2. The van der Waals surface area contributed by atoms with Crippen molar-refractivity contribution in [2.24, 2.45) is 5.41 Å². The molecule has 4 heteroatoms. The van der Waals surface area contributed by atoms with Gasteiger partial charge >= 0.3 is 0 Å². The van der Waals surface area contributed by atoms with E-state index < -0.39 is 0 Å². The second-order valence-corrected chi connectivity index (χ2v) is 5.50. The molecule has 0 saturated carbocycles. The monoisotopic (exact) mass is 302 g/mol. The molecule has 0 amide bonds. The minimum absolute atomic E-state index is 0.0120. The quantitative estimate of drug-likeness (QED) is 0.875. The fourth-order valence-corrected chi connectivity index (χ4v) is 2.60. The third-order valence-corrected chi connectivity index (χ3v) is 4.86. The Morgan fingerprint density at radius 2 is 1.88 bits per heavy atom. The molecule has 0 aliphatic rings. The van der Waals surface area contributed by atoms with E-state index in [1.807, 2.05) is 11.6 Å². The van der Waals surface area contributed by atoms with Crippen LogP contribution in [0.25, 0.3) is 0 Å². The van der Waals surface area contributed by atoms with Crippen molar-refractivity contribution in [1.29, 1.82) is 0 Å². The molecule has 0 saturated heterocycles. The zero-order valence-electron chi connectivity index (χ0n) is 11.3. The van der Waals surface area contributed by atoms with E-state index in [4.69, 9.17) is 0 Å². The number of aliphatic hydroxyl groups is 1. The number of rotatable bonds is 6. The van der Waals surface area contributed by atoms with Gasteiger partial charge < -0.3 is 5.11 Å². The molecule has 17 heavy (non-hydrogen) atoms. The third kappa shape index (κ3) is 2.91. The van der Waals surface area contributed by atoms with Gasteiger partial charge in [0.25, 0.3) is 0 Å². The topological polar surface area (TPSA) is 38.0 Å². The second kappa shape index (κ2) is 6.01. The van der Waals surface area contributed by atoms with Crippen LogP contribution < -0.4 is 0 Å². The Labute approximate surface area is 112 Å². The molecule has 0 atom stereocenters.